The molecule has 2 aromatic rings. The fraction of sp³-hybridized carbons (Fsp3) is 0.188. The SMILES string of the molecule is C=C(C)C(=O)OCCc1cccc2c(O)cccc12. The lowest BCUT2D eigenvalue weighted by atomic mass is 10.0. The molecule has 0 aliphatic rings. The van der Waals surface area contributed by atoms with Crippen molar-refractivity contribution in [3.63, 3.8) is 0 Å². The van der Waals surface area contributed by atoms with E-state index in [1.807, 2.05) is 24.3 Å². The van der Waals surface area contributed by atoms with E-state index in [0.717, 1.165) is 16.3 Å². The Morgan fingerprint density at radius 2 is 1.89 bits per heavy atom. The van der Waals surface area contributed by atoms with Gasteiger partial charge in [-0.2, -0.15) is 0 Å². The van der Waals surface area contributed by atoms with E-state index in [1.165, 1.54) is 0 Å². The van der Waals surface area contributed by atoms with Crippen molar-refractivity contribution < 1.29 is 14.6 Å². The molecule has 2 rings (SSSR count). The molecule has 0 amide bonds. The Morgan fingerprint density at radius 3 is 2.63 bits per heavy atom. The minimum atomic E-state index is -0.372. The molecule has 1 N–H and O–H groups in total. The van der Waals surface area contributed by atoms with Crippen LogP contribution in [0.3, 0.4) is 0 Å². The summed E-state index contributed by atoms with van der Waals surface area (Å²) in [7, 11) is 0. The van der Waals surface area contributed by atoms with Gasteiger partial charge in [0.15, 0.2) is 0 Å². The Balaban J connectivity index is 2.15. The van der Waals surface area contributed by atoms with Crippen LogP contribution in [-0.4, -0.2) is 17.7 Å². The van der Waals surface area contributed by atoms with Crippen molar-refractivity contribution in [3.8, 4) is 5.75 Å². The monoisotopic (exact) mass is 256 g/mol. The Morgan fingerprint density at radius 1 is 1.21 bits per heavy atom. The smallest absolute Gasteiger partial charge is 0.333 e. The first-order valence-corrected chi connectivity index (χ1v) is 6.12. The lowest BCUT2D eigenvalue weighted by molar-refractivity contribution is -0.138. The fourth-order valence-electron chi connectivity index (χ4n) is 1.95. The van der Waals surface area contributed by atoms with Crippen LogP contribution in [0.25, 0.3) is 10.8 Å². The summed E-state index contributed by atoms with van der Waals surface area (Å²) in [5.41, 5.74) is 1.44. The van der Waals surface area contributed by atoms with Gasteiger partial charge < -0.3 is 9.84 Å². The van der Waals surface area contributed by atoms with Gasteiger partial charge in [0.25, 0.3) is 0 Å². The van der Waals surface area contributed by atoms with Crippen molar-refractivity contribution in [2.45, 2.75) is 13.3 Å². The van der Waals surface area contributed by atoms with E-state index in [9.17, 15) is 9.90 Å². The summed E-state index contributed by atoms with van der Waals surface area (Å²) in [5.74, 6) is -0.110. The first-order valence-electron chi connectivity index (χ1n) is 6.12. The van der Waals surface area contributed by atoms with Gasteiger partial charge in [-0.1, -0.05) is 36.9 Å². The summed E-state index contributed by atoms with van der Waals surface area (Å²) in [6.07, 6.45) is 0.611. The number of carbonyl (C=O) groups excluding carboxylic acids is 1. The van der Waals surface area contributed by atoms with Gasteiger partial charge in [0.05, 0.1) is 6.61 Å². The fourth-order valence-corrected chi connectivity index (χ4v) is 1.95. The Hall–Kier alpha value is -2.29. The number of ether oxygens (including phenoxy) is 1. The third-order valence-corrected chi connectivity index (χ3v) is 2.94. The summed E-state index contributed by atoms with van der Waals surface area (Å²) in [4.78, 5) is 11.3. The van der Waals surface area contributed by atoms with Gasteiger partial charge in [-0.3, -0.25) is 0 Å². The number of benzene rings is 2. The number of phenolic OH excluding ortho intramolecular Hbond substituents is 1. The van der Waals surface area contributed by atoms with Gasteiger partial charge in [0.2, 0.25) is 0 Å². The summed E-state index contributed by atoms with van der Waals surface area (Å²) < 4.78 is 5.09. The molecule has 0 fully saturated rings. The van der Waals surface area contributed by atoms with Crippen LogP contribution in [0.4, 0.5) is 0 Å². The number of esters is 1. The van der Waals surface area contributed by atoms with E-state index in [1.54, 1.807) is 19.1 Å². The normalized spacial score (nSPS) is 10.4. The molecule has 3 nitrogen and oxygen atoms in total. The van der Waals surface area contributed by atoms with Crippen LogP contribution in [0, 0.1) is 0 Å². The largest absolute Gasteiger partial charge is 0.507 e. The molecule has 0 heterocycles. The van der Waals surface area contributed by atoms with Gasteiger partial charge in [0.1, 0.15) is 5.75 Å². The molecule has 0 aromatic heterocycles. The van der Waals surface area contributed by atoms with Gasteiger partial charge in [0, 0.05) is 17.4 Å². The second kappa shape index (κ2) is 5.57. The number of aromatic hydroxyl groups is 1. The van der Waals surface area contributed by atoms with Crippen molar-refractivity contribution in [1.82, 2.24) is 0 Å². The third kappa shape index (κ3) is 2.94. The van der Waals surface area contributed by atoms with E-state index in [0.29, 0.717) is 18.6 Å². The highest BCUT2D eigenvalue weighted by atomic mass is 16.5. The number of rotatable bonds is 4. The molecule has 0 aliphatic heterocycles. The average molecular weight is 256 g/mol. The van der Waals surface area contributed by atoms with E-state index >= 15 is 0 Å². The molecule has 19 heavy (non-hydrogen) atoms. The van der Waals surface area contributed by atoms with Crippen molar-refractivity contribution in [3.05, 3.63) is 54.1 Å². The number of hydrogen-bond donors (Lipinski definition) is 1. The zero-order valence-electron chi connectivity index (χ0n) is 10.8. The van der Waals surface area contributed by atoms with Gasteiger partial charge in [-0.25, -0.2) is 4.79 Å². The highest BCUT2D eigenvalue weighted by molar-refractivity contribution is 5.90. The van der Waals surface area contributed by atoms with Gasteiger partial charge in [-0.15, -0.1) is 0 Å². The minimum Gasteiger partial charge on any atom is -0.507 e. The molecule has 0 spiro atoms. The third-order valence-electron chi connectivity index (χ3n) is 2.94. The molecule has 2 aromatic carbocycles. The molecule has 0 saturated heterocycles. The Kier molecular flexibility index (Phi) is 3.85. The molecule has 0 aliphatic carbocycles. The van der Waals surface area contributed by atoms with E-state index < -0.39 is 0 Å². The quantitative estimate of drug-likeness (QED) is 0.675. The van der Waals surface area contributed by atoms with E-state index in [2.05, 4.69) is 6.58 Å². The van der Waals surface area contributed by atoms with Crippen LogP contribution in [-0.2, 0) is 16.0 Å². The molecule has 0 bridgehead atoms. The maximum Gasteiger partial charge on any atom is 0.333 e. The first-order chi connectivity index (χ1) is 9.09. The maximum atomic E-state index is 11.3. The van der Waals surface area contributed by atoms with E-state index in [4.69, 9.17) is 4.74 Å². The Bertz CT molecular complexity index is 629. The van der Waals surface area contributed by atoms with Crippen LogP contribution >= 0.6 is 0 Å². The zero-order valence-corrected chi connectivity index (χ0v) is 10.8. The average Bonchev–Trinajstić information content (AvgIpc) is 2.39. The first kappa shape index (κ1) is 13.1. The summed E-state index contributed by atoms with van der Waals surface area (Å²) in [6.45, 7) is 5.46. The number of hydrogen-bond acceptors (Lipinski definition) is 3. The minimum absolute atomic E-state index is 0.262. The maximum absolute atomic E-state index is 11.3. The van der Waals surface area contributed by atoms with Gasteiger partial charge in [-0.05, 0) is 23.9 Å². The molecule has 98 valence electrons. The summed E-state index contributed by atoms with van der Waals surface area (Å²) >= 11 is 0. The predicted octanol–water partition coefficient (Wildman–Crippen LogP) is 3.21. The summed E-state index contributed by atoms with van der Waals surface area (Å²) in [6, 6.07) is 11.1. The number of carbonyl (C=O) groups is 1. The second-order valence-electron chi connectivity index (χ2n) is 4.46. The number of fused-ring (bicyclic) bond motifs is 1. The Labute approximate surface area is 112 Å². The highest BCUT2D eigenvalue weighted by Gasteiger charge is 2.06. The molecule has 0 unspecified atom stereocenters. The molecule has 0 saturated carbocycles. The predicted molar refractivity (Wildman–Crippen MR) is 75.1 cm³/mol. The lowest BCUT2D eigenvalue weighted by Gasteiger charge is -2.08. The van der Waals surface area contributed by atoms with Crippen molar-refractivity contribution >= 4 is 16.7 Å². The molecule has 0 atom stereocenters. The van der Waals surface area contributed by atoms with Crippen molar-refractivity contribution in [1.29, 1.82) is 0 Å². The van der Waals surface area contributed by atoms with E-state index in [-0.39, 0.29) is 11.7 Å². The van der Waals surface area contributed by atoms with Crippen LogP contribution < -0.4 is 0 Å². The van der Waals surface area contributed by atoms with Crippen LogP contribution in [0.1, 0.15) is 12.5 Å². The molecule has 0 radical (unpaired) electrons. The lowest BCUT2D eigenvalue weighted by Crippen LogP contribution is -2.08. The summed E-state index contributed by atoms with van der Waals surface area (Å²) in [5, 5.41) is 11.6. The number of phenols is 1. The molecular weight excluding hydrogens is 240 g/mol. The second-order valence-corrected chi connectivity index (χ2v) is 4.46. The topological polar surface area (TPSA) is 46.5 Å². The van der Waals surface area contributed by atoms with Crippen molar-refractivity contribution in [2.24, 2.45) is 0 Å². The zero-order chi connectivity index (χ0) is 13.8. The molecular formula is C16H16O3. The van der Waals surface area contributed by atoms with Crippen molar-refractivity contribution in [2.75, 3.05) is 6.61 Å². The van der Waals surface area contributed by atoms with Crippen LogP contribution in [0.15, 0.2) is 48.6 Å². The molecule has 3 heteroatoms. The van der Waals surface area contributed by atoms with Gasteiger partial charge >= 0.3 is 5.97 Å². The van der Waals surface area contributed by atoms with Crippen LogP contribution in [0.5, 0.6) is 5.75 Å². The van der Waals surface area contributed by atoms with Crippen LogP contribution in [0.2, 0.25) is 0 Å². The standard InChI is InChI=1S/C16H16O3/c1-11(2)16(18)19-10-9-12-5-3-7-14-13(12)6-4-8-15(14)17/h3-8,17H,1,9-10H2,2H3. The highest BCUT2D eigenvalue weighted by Crippen LogP contribution is 2.27.